The number of carbonyl (C=O) groups is 1. The van der Waals surface area contributed by atoms with E-state index in [0.29, 0.717) is 11.4 Å². The molecule has 1 fully saturated rings. The van der Waals surface area contributed by atoms with E-state index in [1.165, 1.54) is 6.07 Å². The Morgan fingerprint density at radius 3 is 2.74 bits per heavy atom. The second-order valence-corrected chi connectivity index (χ2v) is 6.93. The van der Waals surface area contributed by atoms with Crippen molar-refractivity contribution in [3.8, 4) is 0 Å². The number of nitrogen functional groups attached to an aromatic ring is 1. The maximum Gasteiger partial charge on any atom is 0.337 e. The Labute approximate surface area is 111 Å². The van der Waals surface area contributed by atoms with E-state index in [9.17, 15) is 18.3 Å². The number of rotatable bonds is 2. The van der Waals surface area contributed by atoms with E-state index in [2.05, 4.69) is 0 Å². The number of anilines is 2. The molecule has 0 aliphatic carbocycles. The van der Waals surface area contributed by atoms with Crippen LogP contribution in [0.25, 0.3) is 0 Å². The number of aromatic carboxylic acids is 1. The molecular weight excluding hydrogens is 268 g/mol. The molecule has 1 aromatic carbocycles. The van der Waals surface area contributed by atoms with Crippen LogP contribution in [-0.2, 0) is 9.84 Å². The summed E-state index contributed by atoms with van der Waals surface area (Å²) in [6, 6.07) is 4.39. The van der Waals surface area contributed by atoms with Crippen molar-refractivity contribution in [3.05, 3.63) is 23.8 Å². The Balaban J connectivity index is 2.45. The fraction of sp³-hybridized carbons (Fsp3) is 0.417. The zero-order chi connectivity index (χ0) is 14.2. The number of hydrogen-bond donors (Lipinski definition) is 2. The van der Waals surface area contributed by atoms with E-state index in [-0.39, 0.29) is 29.7 Å². The number of carboxylic acids is 1. The van der Waals surface area contributed by atoms with E-state index in [4.69, 9.17) is 5.73 Å². The van der Waals surface area contributed by atoms with Crippen molar-refractivity contribution in [2.24, 2.45) is 0 Å². The van der Waals surface area contributed by atoms with Crippen LogP contribution in [0.2, 0.25) is 0 Å². The number of benzene rings is 1. The van der Waals surface area contributed by atoms with Crippen molar-refractivity contribution >= 4 is 27.2 Å². The van der Waals surface area contributed by atoms with Gasteiger partial charge in [-0.2, -0.15) is 0 Å². The van der Waals surface area contributed by atoms with Crippen LogP contribution in [0.5, 0.6) is 0 Å². The second-order valence-electron chi connectivity index (χ2n) is 4.71. The third-order valence-corrected chi connectivity index (χ3v) is 5.05. The molecule has 104 valence electrons. The molecule has 3 N–H and O–H groups in total. The van der Waals surface area contributed by atoms with Gasteiger partial charge in [0, 0.05) is 12.6 Å². The molecule has 1 saturated heterocycles. The summed E-state index contributed by atoms with van der Waals surface area (Å²) in [5.41, 5.74) is 6.74. The van der Waals surface area contributed by atoms with E-state index < -0.39 is 15.8 Å². The normalized spacial score (nSPS) is 22.2. The zero-order valence-electron chi connectivity index (χ0n) is 10.5. The summed E-state index contributed by atoms with van der Waals surface area (Å²) in [6.45, 7) is 2.02. The molecule has 6 nitrogen and oxygen atoms in total. The second kappa shape index (κ2) is 4.73. The van der Waals surface area contributed by atoms with Crippen LogP contribution in [0.4, 0.5) is 11.4 Å². The van der Waals surface area contributed by atoms with E-state index >= 15 is 0 Å². The van der Waals surface area contributed by atoms with Gasteiger partial charge in [0.05, 0.1) is 28.4 Å². The van der Waals surface area contributed by atoms with Crippen molar-refractivity contribution < 1.29 is 18.3 Å². The third kappa shape index (κ3) is 2.65. The first-order valence-electron chi connectivity index (χ1n) is 5.90. The monoisotopic (exact) mass is 284 g/mol. The molecule has 2 rings (SSSR count). The van der Waals surface area contributed by atoms with Gasteiger partial charge in [-0.3, -0.25) is 0 Å². The first kappa shape index (κ1) is 13.7. The fourth-order valence-electron chi connectivity index (χ4n) is 2.39. The van der Waals surface area contributed by atoms with Gasteiger partial charge in [0.1, 0.15) is 0 Å². The summed E-state index contributed by atoms with van der Waals surface area (Å²) in [4.78, 5) is 13.0. The lowest BCUT2D eigenvalue weighted by molar-refractivity contribution is 0.0697. The van der Waals surface area contributed by atoms with Gasteiger partial charge in [0.15, 0.2) is 9.84 Å². The molecule has 0 bridgehead atoms. The summed E-state index contributed by atoms with van der Waals surface area (Å²) in [5, 5.41) is 9.21. The van der Waals surface area contributed by atoms with E-state index in [1.54, 1.807) is 24.0 Å². The molecule has 0 spiro atoms. The Bertz CT molecular complexity index is 612. The molecular formula is C12H16N2O4S. The number of hydrogen-bond acceptors (Lipinski definition) is 5. The minimum atomic E-state index is -3.05. The smallest absolute Gasteiger partial charge is 0.337 e. The van der Waals surface area contributed by atoms with Crippen LogP contribution in [0.3, 0.4) is 0 Å². The van der Waals surface area contributed by atoms with Crippen molar-refractivity contribution in [1.29, 1.82) is 0 Å². The molecule has 1 aliphatic rings. The van der Waals surface area contributed by atoms with Crippen molar-refractivity contribution in [1.82, 2.24) is 0 Å². The van der Waals surface area contributed by atoms with Gasteiger partial charge in [-0.05, 0) is 19.1 Å². The van der Waals surface area contributed by atoms with Gasteiger partial charge >= 0.3 is 5.97 Å². The van der Waals surface area contributed by atoms with Gasteiger partial charge in [-0.15, -0.1) is 0 Å². The van der Waals surface area contributed by atoms with Crippen molar-refractivity contribution in [2.75, 3.05) is 28.7 Å². The standard InChI is InChI=1S/C12H16N2O4S/c1-8-7-19(17,18)6-5-14(8)11-9(12(15)16)3-2-4-10(11)13/h2-4,8H,5-7,13H2,1H3,(H,15,16). The van der Waals surface area contributed by atoms with Crippen molar-refractivity contribution in [3.63, 3.8) is 0 Å². The van der Waals surface area contributed by atoms with Crippen LogP contribution < -0.4 is 10.6 Å². The molecule has 0 amide bonds. The van der Waals surface area contributed by atoms with Crippen LogP contribution in [0, 0.1) is 0 Å². The summed E-state index contributed by atoms with van der Waals surface area (Å²) >= 11 is 0. The molecule has 0 saturated carbocycles. The van der Waals surface area contributed by atoms with Crippen LogP contribution in [-0.4, -0.2) is 43.6 Å². The van der Waals surface area contributed by atoms with Gasteiger partial charge in [-0.1, -0.05) is 6.07 Å². The molecule has 1 unspecified atom stereocenters. The molecule has 1 aliphatic heterocycles. The van der Waals surface area contributed by atoms with Crippen molar-refractivity contribution in [2.45, 2.75) is 13.0 Å². The predicted octanol–water partition coefficient (Wildman–Crippen LogP) is 0.590. The minimum absolute atomic E-state index is 0.0143. The summed E-state index contributed by atoms with van der Waals surface area (Å²) in [7, 11) is -3.05. The van der Waals surface area contributed by atoms with Crippen LogP contribution in [0.1, 0.15) is 17.3 Å². The average Bonchev–Trinajstić information content (AvgIpc) is 2.28. The molecule has 19 heavy (non-hydrogen) atoms. The summed E-state index contributed by atoms with van der Waals surface area (Å²) in [5.74, 6) is -1.03. The van der Waals surface area contributed by atoms with Crippen LogP contribution >= 0.6 is 0 Å². The first-order valence-corrected chi connectivity index (χ1v) is 7.73. The highest BCUT2D eigenvalue weighted by atomic mass is 32.2. The van der Waals surface area contributed by atoms with E-state index in [1.807, 2.05) is 0 Å². The number of carboxylic acid groups (broad SMARTS) is 1. The predicted molar refractivity (Wildman–Crippen MR) is 73.3 cm³/mol. The maximum atomic E-state index is 11.6. The maximum absolute atomic E-state index is 11.6. The lowest BCUT2D eigenvalue weighted by atomic mass is 10.1. The quantitative estimate of drug-likeness (QED) is 0.771. The first-order chi connectivity index (χ1) is 8.82. The zero-order valence-corrected chi connectivity index (χ0v) is 11.4. The number of sulfone groups is 1. The molecule has 0 radical (unpaired) electrons. The summed E-state index contributed by atoms with van der Waals surface area (Å²) < 4.78 is 23.1. The number of nitrogens with zero attached hydrogens (tertiary/aromatic N) is 1. The SMILES string of the molecule is CC1CS(=O)(=O)CCN1c1c(N)cccc1C(=O)O. The molecule has 1 atom stereocenters. The highest BCUT2D eigenvalue weighted by Gasteiger charge is 2.31. The van der Waals surface area contributed by atoms with Gasteiger partial charge in [-0.25, -0.2) is 13.2 Å². The average molecular weight is 284 g/mol. The Hall–Kier alpha value is -1.76. The lowest BCUT2D eigenvalue weighted by Crippen LogP contribution is -2.47. The highest BCUT2D eigenvalue weighted by molar-refractivity contribution is 7.91. The molecule has 0 aromatic heterocycles. The molecule has 1 heterocycles. The number of para-hydroxylation sites is 1. The Morgan fingerprint density at radius 2 is 2.16 bits per heavy atom. The summed E-state index contributed by atoms with van der Waals surface area (Å²) in [6.07, 6.45) is 0. The van der Waals surface area contributed by atoms with Crippen LogP contribution in [0.15, 0.2) is 18.2 Å². The van der Waals surface area contributed by atoms with E-state index in [0.717, 1.165) is 0 Å². The van der Waals surface area contributed by atoms with Gasteiger partial charge < -0.3 is 15.7 Å². The molecule has 7 heteroatoms. The third-order valence-electron chi connectivity index (χ3n) is 3.26. The van der Waals surface area contributed by atoms with Gasteiger partial charge in [0.25, 0.3) is 0 Å². The lowest BCUT2D eigenvalue weighted by Gasteiger charge is -2.36. The van der Waals surface area contributed by atoms with Gasteiger partial charge in [0.2, 0.25) is 0 Å². The Morgan fingerprint density at radius 1 is 1.47 bits per heavy atom. The fourth-order valence-corrected chi connectivity index (χ4v) is 3.94. The highest BCUT2D eigenvalue weighted by Crippen LogP contribution is 2.31. The largest absolute Gasteiger partial charge is 0.478 e. The topological polar surface area (TPSA) is 101 Å². The minimum Gasteiger partial charge on any atom is -0.478 e. The number of nitrogens with two attached hydrogens (primary N) is 1. The Kier molecular flexibility index (Phi) is 3.40. The molecule has 1 aromatic rings.